The van der Waals surface area contributed by atoms with Crippen LogP contribution in [-0.2, 0) is 4.79 Å². The number of rotatable bonds is 4. The second kappa shape index (κ2) is 6.48. The molecule has 1 saturated carbocycles. The number of carbonyl (C=O) groups is 1. The van der Waals surface area contributed by atoms with Gasteiger partial charge >= 0.3 is 0 Å². The molecule has 116 valence electrons. The van der Waals surface area contributed by atoms with Crippen molar-refractivity contribution in [2.45, 2.75) is 57.9 Å². The highest BCUT2D eigenvalue weighted by Gasteiger charge is 2.32. The largest absolute Gasteiger partial charge is 0.505 e. The van der Waals surface area contributed by atoms with Gasteiger partial charge in [0.25, 0.3) is 0 Å². The Morgan fingerprint density at radius 1 is 1.24 bits per heavy atom. The quantitative estimate of drug-likeness (QED) is 0.746. The molecule has 0 radical (unpaired) electrons. The molecule has 0 aromatic heterocycles. The Morgan fingerprint density at radius 2 is 1.90 bits per heavy atom. The lowest BCUT2D eigenvalue weighted by Gasteiger charge is -2.36. The average molecular weight is 290 g/mol. The molecule has 4 nitrogen and oxygen atoms in total. The van der Waals surface area contributed by atoms with E-state index in [2.05, 4.69) is 10.6 Å². The van der Waals surface area contributed by atoms with Gasteiger partial charge in [-0.2, -0.15) is 0 Å². The second-order valence-corrected chi connectivity index (χ2v) is 6.29. The van der Waals surface area contributed by atoms with Crippen LogP contribution in [-0.4, -0.2) is 23.6 Å². The van der Waals surface area contributed by atoms with Gasteiger partial charge in [-0.1, -0.05) is 25.3 Å². The van der Waals surface area contributed by atoms with E-state index in [1.54, 1.807) is 0 Å². The monoisotopic (exact) mass is 290 g/mol. The zero-order valence-corrected chi connectivity index (χ0v) is 13.3. The molecule has 1 fully saturated rings. The first-order valence-electron chi connectivity index (χ1n) is 7.75. The number of nitrogens with one attached hydrogen (secondary N) is 2. The summed E-state index contributed by atoms with van der Waals surface area (Å²) >= 11 is 0. The molecule has 1 aromatic carbocycles. The van der Waals surface area contributed by atoms with Gasteiger partial charge in [0.1, 0.15) is 5.75 Å². The van der Waals surface area contributed by atoms with E-state index in [0.717, 1.165) is 24.0 Å². The van der Waals surface area contributed by atoms with Crippen molar-refractivity contribution in [1.82, 2.24) is 5.32 Å². The van der Waals surface area contributed by atoms with Crippen LogP contribution in [0.25, 0.3) is 0 Å². The van der Waals surface area contributed by atoms with Gasteiger partial charge in [0.05, 0.1) is 5.69 Å². The molecule has 1 aliphatic carbocycles. The van der Waals surface area contributed by atoms with E-state index in [9.17, 15) is 9.90 Å². The van der Waals surface area contributed by atoms with Crippen LogP contribution in [0.3, 0.4) is 0 Å². The van der Waals surface area contributed by atoms with Crippen LogP contribution in [0.15, 0.2) is 12.1 Å². The molecule has 1 aromatic rings. The van der Waals surface area contributed by atoms with Crippen LogP contribution in [0.4, 0.5) is 5.69 Å². The molecule has 0 atom stereocenters. The number of aryl methyl sites for hydroxylation is 2. The molecule has 21 heavy (non-hydrogen) atoms. The van der Waals surface area contributed by atoms with Crippen LogP contribution in [0, 0.1) is 13.8 Å². The molecule has 1 aliphatic rings. The lowest BCUT2D eigenvalue weighted by atomic mass is 9.79. The fraction of sp³-hybridized carbons (Fsp3) is 0.588. The topological polar surface area (TPSA) is 61.4 Å². The number of carbonyl (C=O) groups excluding carboxylic acids is 1. The predicted molar refractivity (Wildman–Crippen MR) is 85.7 cm³/mol. The summed E-state index contributed by atoms with van der Waals surface area (Å²) in [7, 11) is 1.94. The van der Waals surface area contributed by atoms with Gasteiger partial charge < -0.3 is 15.7 Å². The Labute approximate surface area is 126 Å². The second-order valence-electron chi connectivity index (χ2n) is 6.29. The Hall–Kier alpha value is -1.55. The average Bonchev–Trinajstić information content (AvgIpc) is 2.45. The Morgan fingerprint density at radius 3 is 2.52 bits per heavy atom. The normalized spacial score (nSPS) is 17.5. The van der Waals surface area contributed by atoms with Crippen molar-refractivity contribution in [1.29, 1.82) is 0 Å². The number of phenols is 1. The first-order valence-corrected chi connectivity index (χ1v) is 7.75. The smallest absolute Gasteiger partial charge is 0.226 e. The first kappa shape index (κ1) is 15.8. The van der Waals surface area contributed by atoms with E-state index in [-0.39, 0.29) is 17.2 Å². The van der Waals surface area contributed by atoms with E-state index in [1.807, 2.05) is 33.0 Å². The molecular formula is C17H26N2O2. The Balaban J connectivity index is 2.08. The summed E-state index contributed by atoms with van der Waals surface area (Å²) in [5.41, 5.74) is 2.24. The van der Waals surface area contributed by atoms with E-state index < -0.39 is 0 Å². The van der Waals surface area contributed by atoms with Crippen LogP contribution < -0.4 is 10.6 Å². The maximum atomic E-state index is 12.4. The van der Waals surface area contributed by atoms with Gasteiger partial charge in [-0.05, 0) is 50.9 Å². The molecule has 0 bridgehead atoms. The molecule has 0 spiro atoms. The molecule has 0 unspecified atom stereocenters. The minimum Gasteiger partial charge on any atom is -0.505 e. The van der Waals surface area contributed by atoms with Crippen LogP contribution in [0.2, 0.25) is 0 Å². The molecule has 4 heteroatoms. The number of phenolic OH excluding ortho intramolecular Hbond substituents is 1. The van der Waals surface area contributed by atoms with Gasteiger partial charge in [0.15, 0.2) is 0 Å². The summed E-state index contributed by atoms with van der Waals surface area (Å²) in [5, 5.41) is 16.3. The van der Waals surface area contributed by atoms with Gasteiger partial charge in [-0.3, -0.25) is 4.79 Å². The standard InChI is InChI=1S/C17H26N2O2/c1-12-9-13(2)16(21)14(10-12)19-15(20)11-17(18-3)7-5-4-6-8-17/h9-10,18,21H,4-8,11H2,1-3H3,(H,19,20). The molecule has 0 saturated heterocycles. The summed E-state index contributed by atoms with van der Waals surface area (Å²) in [5.74, 6) is 0.127. The molecule has 3 N–H and O–H groups in total. The van der Waals surface area contributed by atoms with Crippen molar-refractivity contribution < 1.29 is 9.90 Å². The zero-order chi connectivity index (χ0) is 15.5. The summed E-state index contributed by atoms with van der Waals surface area (Å²) in [6, 6.07) is 3.72. The third-order valence-electron chi connectivity index (χ3n) is 4.56. The molecule has 2 rings (SSSR count). The zero-order valence-electron chi connectivity index (χ0n) is 13.3. The SMILES string of the molecule is CNC1(CC(=O)Nc2cc(C)cc(C)c2O)CCCCC1. The van der Waals surface area contributed by atoms with E-state index >= 15 is 0 Å². The number of hydrogen-bond acceptors (Lipinski definition) is 3. The number of hydrogen-bond donors (Lipinski definition) is 3. The van der Waals surface area contributed by atoms with E-state index in [4.69, 9.17) is 0 Å². The Bertz CT molecular complexity index is 520. The maximum Gasteiger partial charge on any atom is 0.226 e. The third-order valence-corrected chi connectivity index (χ3v) is 4.56. The minimum absolute atomic E-state index is 0.0356. The highest BCUT2D eigenvalue weighted by molar-refractivity contribution is 5.93. The minimum atomic E-state index is -0.0865. The van der Waals surface area contributed by atoms with Crippen molar-refractivity contribution in [3.05, 3.63) is 23.3 Å². The van der Waals surface area contributed by atoms with Gasteiger partial charge in [-0.15, -0.1) is 0 Å². The maximum absolute atomic E-state index is 12.4. The van der Waals surface area contributed by atoms with Crippen LogP contribution in [0.5, 0.6) is 5.75 Å². The van der Waals surface area contributed by atoms with Gasteiger partial charge in [0.2, 0.25) is 5.91 Å². The molecule has 0 heterocycles. The third kappa shape index (κ3) is 3.76. The fourth-order valence-corrected chi connectivity index (χ4v) is 3.30. The van der Waals surface area contributed by atoms with Crippen LogP contribution in [0.1, 0.15) is 49.7 Å². The molecular weight excluding hydrogens is 264 g/mol. The van der Waals surface area contributed by atoms with Crippen molar-refractivity contribution in [3.63, 3.8) is 0 Å². The number of anilines is 1. The number of benzene rings is 1. The highest BCUT2D eigenvalue weighted by atomic mass is 16.3. The van der Waals surface area contributed by atoms with Crippen molar-refractivity contribution in [2.24, 2.45) is 0 Å². The molecule has 0 aliphatic heterocycles. The molecule has 1 amide bonds. The fourth-order valence-electron chi connectivity index (χ4n) is 3.30. The Kier molecular flexibility index (Phi) is 4.88. The lowest BCUT2D eigenvalue weighted by Crippen LogP contribution is -2.47. The van der Waals surface area contributed by atoms with E-state index in [0.29, 0.717) is 12.1 Å². The summed E-state index contributed by atoms with van der Waals surface area (Å²) in [4.78, 5) is 12.4. The van der Waals surface area contributed by atoms with Crippen molar-refractivity contribution in [2.75, 3.05) is 12.4 Å². The van der Waals surface area contributed by atoms with Crippen LogP contribution >= 0.6 is 0 Å². The summed E-state index contributed by atoms with van der Waals surface area (Å²) in [6.07, 6.45) is 6.12. The van der Waals surface area contributed by atoms with Crippen molar-refractivity contribution in [3.8, 4) is 5.75 Å². The predicted octanol–water partition coefficient (Wildman–Crippen LogP) is 3.26. The highest BCUT2D eigenvalue weighted by Crippen LogP contribution is 2.32. The first-order chi connectivity index (χ1) is 9.96. The summed E-state index contributed by atoms with van der Waals surface area (Å²) < 4.78 is 0. The summed E-state index contributed by atoms with van der Waals surface area (Å²) in [6.45, 7) is 3.80. The number of aromatic hydroxyl groups is 1. The lowest BCUT2D eigenvalue weighted by molar-refractivity contribution is -0.117. The van der Waals surface area contributed by atoms with Crippen molar-refractivity contribution >= 4 is 11.6 Å². The van der Waals surface area contributed by atoms with Gasteiger partial charge in [0, 0.05) is 12.0 Å². The number of amides is 1. The van der Waals surface area contributed by atoms with E-state index in [1.165, 1.54) is 19.3 Å². The van der Waals surface area contributed by atoms with Gasteiger partial charge in [-0.25, -0.2) is 0 Å².